The van der Waals surface area contributed by atoms with E-state index in [0.29, 0.717) is 12.8 Å². The molecule has 174 valence electrons. The van der Waals surface area contributed by atoms with Crippen molar-refractivity contribution in [1.82, 2.24) is 23.7 Å². The van der Waals surface area contributed by atoms with Gasteiger partial charge in [0.2, 0.25) is 10.0 Å². The van der Waals surface area contributed by atoms with E-state index in [0.717, 1.165) is 10.1 Å². The van der Waals surface area contributed by atoms with Gasteiger partial charge in [-0.2, -0.15) is 4.31 Å². The largest absolute Gasteiger partial charge is 0.348 e. The maximum absolute atomic E-state index is 12.9. The van der Waals surface area contributed by atoms with Crippen LogP contribution in [0, 0.1) is 6.92 Å². The molecule has 10 nitrogen and oxygen atoms in total. The Morgan fingerprint density at radius 3 is 2.27 bits per heavy atom. The molecule has 1 fully saturated rings. The van der Waals surface area contributed by atoms with Gasteiger partial charge in [0.1, 0.15) is 11.3 Å². The van der Waals surface area contributed by atoms with Crippen molar-refractivity contribution in [3.8, 4) is 0 Å². The van der Waals surface area contributed by atoms with Crippen LogP contribution < -0.4 is 16.6 Å². The Labute approximate surface area is 190 Å². The Kier molecular flexibility index (Phi) is 5.93. The number of amides is 1. The minimum absolute atomic E-state index is 0.0838. The SMILES string of the molecule is Cc1ccc(S(=O)(=O)N2CCC(NC(=O)c3ccc4c(=O)n(C)c(=O)n(C)c4n3)CC2)cc1. The molecule has 0 spiro atoms. The Morgan fingerprint density at radius 2 is 1.64 bits per heavy atom. The molecule has 3 aromatic rings. The molecule has 1 aliphatic rings. The second-order valence-corrected chi connectivity index (χ2v) is 10.2. The number of sulfonamides is 1. The highest BCUT2D eigenvalue weighted by Crippen LogP contribution is 2.21. The van der Waals surface area contributed by atoms with E-state index in [1.807, 2.05) is 6.92 Å². The predicted molar refractivity (Wildman–Crippen MR) is 123 cm³/mol. The number of nitrogens with one attached hydrogen (secondary N) is 1. The summed E-state index contributed by atoms with van der Waals surface area (Å²) in [5, 5.41) is 3.13. The molecule has 1 N–H and O–H groups in total. The van der Waals surface area contributed by atoms with E-state index in [4.69, 9.17) is 0 Å². The van der Waals surface area contributed by atoms with Crippen LogP contribution in [0.15, 0.2) is 50.9 Å². The monoisotopic (exact) mass is 471 g/mol. The molecule has 1 aromatic carbocycles. The number of piperidine rings is 1. The maximum atomic E-state index is 12.9. The first-order valence-corrected chi connectivity index (χ1v) is 12.0. The van der Waals surface area contributed by atoms with Crippen LogP contribution in [0.3, 0.4) is 0 Å². The third-order valence-electron chi connectivity index (χ3n) is 5.98. The fraction of sp³-hybridized carbons (Fsp3) is 0.364. The summed E-state index contributed by atoms with van der Waals surface area (Å²) >= 11 is 0. The number of rotatable bonds is 4. The van der Waals surface area contributed by atoms with E-state index in [2.05, 4.69) is 10.3 Å². The van der Waals surface area contributed by atoms with Crippen LogP contribution >= 0.6 is 0 Å². The van der Waals surface area contributed by atoms with Gasteiger partial charge < -0.3 is 5.32 Å². The Balaban J connectivity index is 1.46. The van der Waals surface area contributed by atoms with Gasteiger partial charge in [0.05, 0.1) is 10.3 Å². The van der Waals surface area contributed by atoms with Gasteiger partial charge in [-0.25, -0.2) is 18.2 Å². The number of nitrogens with zero attached hydrogens (tertiary/aromatic N) is 4. The van der Waals surface area contributed by atoms with Crippen LogP contribution in [-0.2, 0) is 24.1 Å². The van der Waals surface area contributed by atoms with Gasteiger partial charge >= 0.3 is 5.69 Å². The highest BCUT2D eigenvalue weighted by Gasteiger charge is 2.30. The highest BCUT2D eigenvalue weighted by atomic mass is 32.2. The van der Waals surface area contributed by atoms with E-state index in [9.17, 15) is 22.8 Å². The van der Waals surface area contributed by atoms with Gasteiger partial charge in [-0.1, -0.05) is 17.7 Å². The highest BCUT2D eigenvalue weighted by molar-refractivity contribution is 7.89. The molecule has 1 aliphatic heterocycles. The number of pyridine rings is 1. The molecule has 33 heavy (non-hydrogen) atoms. The zero-order chi connectivity index (χ0) is 23.9. The third-order valence-corrected chi connectivity index (χ3v) is 7.90. The normalized spacial score (nSPS) is 15.6. The summed E-state index contributed by atoms with van der Waals surface area (Å²) < 4.78 is 29.4. The van der Waals surface area contributed by atoms with Crippen molar-refractivity contribution in [1.29, 1.82) is 0 Å². The Morgan fingerprint density at radius 1 is 1.00 bits per heavy atom. The second-order valence-electron chi connectivity index (χ2n) is 8.24. The first kappa shape index (κ1) is 22.9. The quantitative estimate of drug-likeness (QED) is 0.592. The van der Waals surface area contributed by atoms with Crippen LogP contribution in [0.1, 0.15) is 28.9 Å². The smallest absolute Gasteiger partial charge is 0.332 e. The number of benzene rings is 1. The topological polar surface area (TPSA) is 123 Å². The Bertz CT molecular complexity index is 1450. The number of carbonyl (C=O) groups is 1. The molecule has 11 heteroatoms. The summed E-state index contributed by atoms with van der Waals surface area (Å²) in [7, 11) is -0.705. The molecule has 1 amide bonds. The molecule has 0 atom stereocenters. The van der Waals surface area contributed by atoms with Gasteiger partial charge in [-0.3, -0.25) is 18.7 Å². The first-order valence-electron chi connectivity index (χ1n) is 10.5. The van der Waals surface area contributed by atoms with Crippen LogP contribution in [0.2, 0.25) is 0 Å². The van der Waals surface area contributed by atoms with Crippen LogP contribution in [0.25, 0.3) is 11.0 Å². The lowest BCUT2D eigenvalue weighted by Gasteiger charge is -2.31. The van der Waals surface area contributed by atoms with E-state index in [1.54, 1.807) is 24.3 Å². The minimum atomic E-state index is -3.58. The van der Waals surface area contributed by atoms with Gasteiger partial charge in [0, 0.05) is 33.2 Å². The number of aromatic nitrogens is 3. The minimum Gasteiger partial charge on any atom is -0.348 e. The molecule has 0 bridgehead atoms. The van der Waals surface area contributed by atoms with Crippen molar-refractivity contribution in [3.63, 3.8) is 0 Å². The fourth-order valence-electron chi connectivity index (χ4n) is 3.94. The molecule has 3 heterocycles. The average Bonchev–Trinajstić information content (AvgIpc) is 2.81. The summed E-state index contributed by atoms with van der Waals surface area (Å²) in [4.78, 5) is 41.7. The third kappa shape index (κ3) is 4.21. The Hall–Kier alpha value is -3.31. The standard InChI is InChI=1S/C22H25N5O5S/c1-14-4-6-16(7-5-14)33(31,32)27-12-10-15(11-13-27)23-20(28)18-9-8-17-19(24-18)25(2)22(30)26(3)21(17)29/h4-9,15H,10-13H2,1-3H3,(H,23,28). The molecule has 0 unspecified atom stereocenters. The molecule has 0 saturated carbocycles. The molecular weight excluding hydrogens is 446 g/mol. The van der Waals surface area contributed by atoms with Gasteiger partial charge in [-0.15, -0.1) is 0 Å². The summed E-state index contributed by atoms with van der Waals surface area (Å²) in [5.41, 5.74) is 0.197. The number of aryl methyl sites for hydroxylation is 2. The zero-order valence-electron chi connectivity index (χ0n) is 18.6. The van der Waals surface area contributed by atoms with Crippen molar-refractivity contribution in [2.75, 3.05) is 13.1 Å². The fourth-order valence-corrected chi connectivity index (χ4v) is 5.41. The van der Waals surface area contributed by atoms with Crippen LogP contribution in [0.5, 0.6) is 0 Å². The lowest BCUT2D eigenvalue weighted by molar-refractivity contribution is 0.0919. The number of fused-ring (bicyclic) bond motifs is 1. The molecule has 0 radical (unpaired) electrons. The predicted octanol–water partition coefficient (Wildman–Crippen LogP) is 0.524. The van der Waals surface area contributed by atoms with E-state index in [1.165, 1.54) is 35.1 Å². The van der Waals surface area contributed by atoms with Crippen LogP contribution in [0.4, 0.5) is 0 Å². The van der Waals surface area contributed by atoms with Gasteiger partial charge in [0.25, 0.3) is 11.5 Å². The van der Waals surface area contributed by atoms with E-state index < -0.39 is 27.2 Å². The van der Waals surface area contributed by atoms with Crippen molar-refractivity contribution in [2.24, 2.45) is 14.1 Å². The number of carbonyl (C=O) groups excluding carboxylic acids is 1. The molecule has 1 saturated heterocycles. The first-order chi connectivity index (χ1) is 15.6. The van der Waals surface area contributed by atoms with Crippen molar-refractivity contribution < 1.29 is 13.2 Å². The molecule has 4 rings (SSSR count). The van der Waals surface area contributed by atoms with Crippen LogP contribution in [-0.4, -0.2) is 51.9 Å². The summed E-state index contributed by atoms with van der Waals surface area (Å²) in [6, 6.07) is 9.45. The average molecular weight is 472 g/mol. The molecular formula is C22H25N5O5S. The molecule has 2 aromatic heterocycles. The van der Waals surface area contributed by atoms with Gasteiger partial charge in [-0.05, 0) is 44.0 Å². The van der Waals surface area contributed by atoms with Crippen molar-refractivity contribution in [2.45, 2.75) is 30.7 Å². The lowest BCUT2D eigenvalue weighted by Crippen LogP contribution is -2.46. The van der Waals surface area contributed by atoms with Crippen molar-refractivity contribution in [3.05, 3.63) is 68.5 Å². The lowest BCUT2D eigenvalue weighted by atomic mass is 10.1. The zero-order valence-corrected chi connectivity index (χ0v) is 19.4. The molecule has 0 aliphatic carbocycles. The number of hydrogen-bond donors (Lipinski definition) is 1. The van der Waals surface area contributed by atoms with E-state index in [-0.39, 0.29) is 40.8 Å². The second kappa shape index (κ2) is 8.56. The summed E-state index contributed by atoms with van der Waals surface area (Å²) in [5.74, 6) is -0.440. The summed E-state index contributed by atoms with van der Waals surface area (Å²) in [6.07, 6.45) is 0.923. The summed E-state index contributed by atoms with van der Waals surface area (Å²) in [6.45, 7) is 2.47. The van der Waals surface area contributed by atoms with E-state index >= 15 is 0 Å². The number of hydrogen-bond acceptors (Lipinski definition) is 6. The van der Waals surface area contributed by atoms with Gasteiger partial charge in [0.15, 0.2) is 0 Å². The maximum Gasteiger partial charge on any atom is 0.332 e. The van der Waals surface area contributed by atoms with Crippen molar-refractivity contribution >= 4 is 27.0 Å².